The summed E-state index contributed by atoms with van der Waals surface area (Å²) in [6, 6.07) is 13.7. The van der Waals surface area contributed by atoms with Gasteiger partial charge in [0.25, 0.3) is 0 Å². The van der Waals surface area contributed by atoms with Crippen LogP contribution in [0.15, 0.2) is 46.9 Å². The molecule has 4 heteroatoms. The topological polar surface area (TPSA) is 31.6 Å². The van der Waals surface area contributed by atoms with E-state index in [9.17, 15) is 0 Å². The number of halogens is 1. The van der Waals surface area contributed by atoms with Crippen LogP contribution in [0.4, 0.5) is 0 Å². The number of ether oxygens (including phenoxy) is 2. The Kier molecular flexibility index (Phi) is 3.54. The molecular weight excluding hydrogens is 324 g/mol. The molecule has 3 nitrogen and oxygen atoms in total. The standard InChI is InChI=1S/C20H17ClO3/c1-11-9-14(12(2)23-11)19-15-10-13(22-3)7-8-17(15)24-18-6-4-5-16(21)20(18)19/h4-10,19H,1-3H3. The summed E-state index contributed by atoms with van der Waals surface area (Å²) in [5.74, 6) is 4.10. The third kappa shape index (κ3) is 2.28. The van der Waals surface area contributed by atoms with Crippen LogP contribution in [0.2, 0.25) is 5.02 Å². The van der Waals surface area contributed by atoms with Gasteiger partial charge in [0.2, 0.25) is 0 Å². The molecule has 0 bridgehead atoms. The number of hydrogen-bond donors (Lipinski definition) is 0. The average Bonchev–Trinajstić information content (AvgIpc) is 2.90. The fraction of sp³-hybridized carbons (Fsp3) is 0.200. The number of furan rings is 1. The number of aryl methyl sites for hydroxylation is 2. The molecule has 1 aliphatic heterocycles. The van der Waals surface area contributed by atoms with Gasteiger partial charge < -0.3 is 13.9 Å². The first-order valence-corrected chi connectivity index (χ1v) is 8.17. The second kappa shape index (κ2) is 5.60. The van der Waals surface area contributed by atoms with Crippen molar-refractivity contribution < 1.29 is 13.9 Å². The molecular formula is C20H17ClO3. The summed E-state index contributed by atoms with van der Waals surface area (Å²) in [5, 5.41) is 0.684. The third-order valence-corrected chi connectivity index (χ3v) is 4.77. The van der Waals surface area contributed by atoms with Gasteiger partial charge in [-0.3, -0.25) is 0 Å². The molecule has 0 aliphatic carbocycles. The molecule has 0 fully saturated rings. The van der Waals surface area contributed by atoms with Gasteiger partial charge in [-0.15, -0.1) is 0 Å². The lowest BCUT2D eigenvalue weighted by Crippen LogP contribution is -2.12. The van der Waals surface area contributed by atoms with Crippen molar-refractivity contribution in [3.8, 4) is 17.2 Å². The zero-order valence-electron chi connectivity index (χ0n) is 13.7. The molecule has 2 heterocycles. The zero-order valence-corrected chi connectivity index (χ0v) is 14.5. The van der Waals surface area contributed by atoms with E-state index >= 15 is 0 Å². The van der Waals surface area contributed by atoms with Crippen molar-refractivity contribution >= 4 is 11.6 Å². The maximum atomic E-state index is 6.54. The molecule has 24 heavy (non-hydrogen) atoms. The first-order chi connectivity index (χ1) is 11.6. The predicted molar refractivity (Wildman–Crippen MR) is 93.6 cm³/mol. The highest BCUT2D eigenvalue weighted by atomic mass is 35.5. The Bertz CT molecular complexity index is 927. The van der Waals surface area contributed by atoms with E-state index in [1.807, 2.05) is 50.2 Å². The van der Waals surface area contributed by atoms with Crippen molar-refractivity contribution in [2.45, 2.75) is 19.8 Å². The van der Waals surface area contributed by atoms with Gasteiger partial charge in [-0.25, -0.2) is 0 Å². The highest BCUT2D eigenvalue weighted by Crippen LogP contribution is 2.51. The molecule has 122 valence electrons. The van der Waals surface area contributed by atoms with Crippen molar-refractivity contribution in [3.63, 3.8) is 0 Å². The fourth-order valence-corrected chi connectivity index (χ4v) is 3.67. The van der Waals surface area contributed by atoms with Gasteiger partial charge in [0, 0.05) is 27.6 Å². The molecule has 4 rings (SSSR count). The molecule has 0 N–H and O–H groups in total. The second-order valence-electron chi connectivity index (χ2n) is 5.96. The van der Waals surface area contributed by atoms with Crippen LogP contribution in [0.1, 0.15) is 34.1 Å². The molecule has 1 unspecified atom stereocenters. The Morgan fingerprint density at radius 2 is 1.83 bits per heavy atom. The quantitative estimate of drug-likeness (QED) is 0.459. The van der Waals surface area contributed by atoms with Crippen molar-refractivity contribution in [1.82, 2.24) is 0 Å². The lowest BCUT2D eigenvalue weighted by atomic mass is 9.82. The highest BCUT2D eigenvalue weighted by molar-refractivity contribution is 6.31. The van der Waals surface area contributed by atoms with Gasteiger partial charge in [-0.1, -0.05) is 17.7 Å². The van der Waals surface area contributed by atoms with Crippen LogP contribution >= 0.6 is 11.6 Å². The van der Waals surface area contributed by atoms with Crippen molar-refractivity contribution in [3.05, 3.63) is 75.7 Å². The fourth-order valence-electron chi connectivity index (χ4n) is 3.39. The summed E-state index contributed by atoms with van der Waals surface area (Å²) < 4.78 is 17.3. The summed E-state index contributed by atoms with van der Waals surface area (Å²) in [7, 11) is 1.66. The van der Waals surface area contributed by atoms with Crippen LogP contribution < -0.4 is 9.47 Å². The summed E-state index contributed by atoms with van der Waals surface area (Å²) in [6.45, 7) is 3.93. The minimum absolute atomic E-state index is 0.0509. The Hall–Kier alpha value is -2.39. The summed E-state index contributed by atoms with van der Waals surface area (Å²) in [5.41, 5.74) is 3.09. The maximum absolute atomic E-state index is 6.54. The third-order valence-electron chi connectivity index (χ3n) is 4.44. The number of benzene rings is 2. The lowest BCUT2D eigenvalue weighted by molar-refractivity contribution is 0.408. The van der Waals surface area contributed by atoms with Gasteiger partial charge in [-0.2, -0.15) is 0 Å². The molecule has 2 aromatic carbocycles. The van der Waals surface area contributed by atoms with E-state index in [0.29, 0.717) is 5.02 Å². The van der Waals surface area contributed by atoms with Gasteiger partial charge >= 0.3 is 0 Å². The summed E-state index contributed by atoms with van der Waals surface area (Å²) >= 11 is 6.54. The molecule has 0 radical (unpaired) electrons. The van der Waals surface area contributed by atoms with Gasteiger partial charge in [0.1, 0.15) is 28.8 Å². The molecule has 1 atom stereocenters. The minimum atomic E-state index is -0.0509. The maximum Gasteiger partial charge on any atom is 0.133 e. The van der Waals surface area contributed by atoms with Crippen LogP contribution in [-0.4, -0.2) is 7.11 Å². The largest absolute Gasteiger partial charge is 0.497 e. The Morgan fingerprint density at radius 1 is 1.00 bits per heavy atom. The average molecular weight is 341 g/mol. The van der Waals surface area contributed by atoms with E-state index < -0.39 is 0 Å². The highest BCUT2D eigenvalue weighted by Gasteiger charge is 2.33. The van der Waals surface area contributed by atoms with Crippen LogP contribution in [0, 0.1) is 13.8 Å². The van der Waals surface area contributed by atoms with E-state index in [1.165, 1.54) is 0 Å². The zero-order chi connectivity index (χ0) is 16.8. The van der Waals surface area contributed by atoms with Crippen LogP contribution in [-0.2, 0) is 0 Å². The van der Waals surface area contributed by atoms with E-state index in [-0.39, 0.29) is 5.92 Å². The van der Waals surface area contributed by atoms with Gasteiger partial charge in [0.15, 0.2) is 0 Å². The van der Waals surface area contributed by atoms with Gasteiger partial charge in [0.05, 0.1) is 7.11 Å². The molecule has 1 aliphatic rings. The number of rotatable bonds is 2. The first kappa shape index (κ1) is 15.2. The van der Waals surface area contributed by atoms with Crippen molar-refractivity contribution in [2.24, 2.45) is 0 Å². The molecule has 0 saturated heterocycles. The van der Waals surface area contributed by atoms with E-state index in [1.54, 1.807) is 7.11 Å². The molecule has 1 aromatic heterocycles. The summed E-state index contributed by atoms with van der Waals surface area (Å²) in [6.07, 6.45) is 0. The van der Waals surface area contributed by atoms with E-state index in [4.69, 9.17) is 25.5 Å². The Balaban J connectivity index is 2.02. The van der Waals surface area contributed by atoms with E-state index in [2.05, 4.69) is 6.07 Å². The molecule has 3 aromatic rings. The normalized spacial score (nSPS) is 15.4. The smallest absolute Gasteiger partial charge is 0.133 e. The Labute approximate surface area is 145 Å². The first-order valence-electron chi connectivity index (χ1n) is 7.79. The summed E-state index contributed by atoms with van der Waals surface area (Å²) in [4.78, 5) is 0. The SMILES string of the molecule is COc1ccc2c(c1)C(c1cc(C)oc1C)c1c(Cl)cccc1O2. The van der Waals surface area contributed by atoms with Gasteiger partial charge in [-0.05, 0) is 50.2 Å². The number of fused-ring (bicyclic) bond motifs is 2. The monoisotopic (exact) mass is 340 g/mol. The minimum Gasteiger partial charge on any atom is -0.497 e. The van der Waals surface area contributed by atoms with Crippen molar-refractivity contribution in [2.75, 3.05) is 7.11 Å². The van der Waals surface area contributed by atoms with Crippen molar-refractivity contribution in [1.29, 1.82) is 0 Å². The van der Waals surface area contributed by atoms with Crippen LogP contribution in [0.25, 0.3) is 0 Å². The molecule has 0 amide bonds. The Morgan fingerprint density at radius 3 is 2.54 bits per heavy atom. The van der Waals surface area contributed by atoms with Crippen LogP contribution in [0.5, 0.6) is 17.2 Å². The molecule has 0 spiro atoms. The van der Waals surface area contributed by atoms with E-state index in [0.717, 1.165) is 45.5 Å². The number of hydrogen-bond acceptors (Lipinski definition) is 3. The molecule has 0 saturated carbocycles. The predicted octanol–water partition coefficient (Wildman–Crippen LogP) is 5.84. The lowest BCUT2D eigenvalue weighted by Gasteiger charge is -2.29. The van der Waals surface area contributed by atoms with Crippen LogP contribution in [0.3, 0.4) is 0 Å². The number of methoxy groups -OCH3 is 1. The second-order valence-corrected chi connectivity index (χ2v) is 6.37.